The molecule has 1 heterocycles. The molecule has 1 aromatic carbocycles. The number of aryl methyl sites for hydroxylation is 2. The van der Waals surface area contributed by atoms with E-state index in [4.69, 9.17) is 4.74 Å². The second-order valence-electron chi connectivity index (χ2n) is 6.15. The van der Waals surface area contributed by atoms with E-state index in [-0.39, 0.29) is 0 Å². The maximum atomic E-state index is 13.0. The van der Waals surface area contributed by atoms with Crippen LogP contribution in [0, 0.1) is 13.8 Å². The fraction of sp³-hybridized carbons (Fsp3) is 0.316. The van der Waals surface area contributed by atoms with E-state index in [0.29, 0.717) is 0 Å². The SMILES string of the molecule is Cc1nn(C)c(C)c1/C=C/C(=O)O[C@H](C)C(=O)Nc1ccccc1C(F)(F)F. The molecule has 0 fully saturated rings. The lowest BCUT2D eigenvalue weighted by Gasteiger charge is -2.16. The van der Waals surface area contributed by atoms with Crippen LogP contribution in [0.15, 0.2) is 30.3 Å². The monoisotopic (exact) mass is 395 g/mol. The number of ether oxygens (including phenoxy) is 1. The molecule has 1 amide bonds. The number of carbonyl (C=O) groups is 2. The van der Waals surface area contributed by atoms with Crippen LogP contribution in [-0.4, -0.2) is 27.8 Å². The molecule has 0 unspecified atom stereocenters. The van der Waals surface area contributed by atoms with E-state index >= 15 is 0 Å². The number of nitrogens with zero attached hydrogens (tertiary/aromatic N) is 2. The number of nitrogens with one attached hydrogen (secondary N) is 1. The quantitative estimate of drug-likeness (QED) is 0.620. The highest BCUT2D eigenvalue weighted by Crippen LogP contribution is 2.34. The van der Waals surface area contributed by atoms with Crippen LogP contribution in [0.4, 0.5) is 18.9 Å². The zero-order chi connectivity index (χ0) is 21.1. The highest BCUT2D eigenvalue weighted by atomic mass is 19.4. The van der Waals surface area contributed by atoms with Gasteiger partial charge in [0.2, 0.25) is 0 Å². The molecule has 0 bridgehead atoms. The van der Waals surface area contributed by atoms with Crippen molar-refractivity contribution in [1.29, 1.82) is 0 Å². The average molecular weight is 395 g/mol. The lowest BCUT2D eigenvalue weighted by Crippen LogP contribution is -2.30. The topological polar surface area (TPSA) is 73.2 Å². The van der Waals surface area contributed by atoms with Gasteiger partial charge in [0.1, 0.15) is 0 Å². The third-order valence-corrected chi connectivity index (χ3v) is 4.10. The molecule has 28 heavy (non-hydrogen) atoms. The normalized spacial score (nSPS) is 12.8. The number of hydrogen-bond donors (Lipinski definition) is 1. The molecule has 0 aliphatic carbocycles. The summed E-state index contributed by atoms with van der Waals surface area (Å²) in [6, 6.07) is 4.56. The molecule has 0 saturated heterocycles. The van der Waals surface area contributed by atoms with Crippen LogP contribution in [0.5, 0.6) is 0 Å². The van der Waals surface area contributed by atoms with E-state index in [1.54, 1.807) is 18.7 Å². The summed E-state index contributed by atoms with van der Waals surface area (Å²) in [4.78, 5) is 24.1. The van der Waals surface area contributed by atoms with Crippen LogP contribution in [-0.2, 0) is 27.5 Å². The molecule has 0 saturated carbocycles. The van der Waals surface area contributed by atoms with Crippen molar-refractivity contribution < 1.29 is 27.5 Å². The fourth-order valence-corrected chi connectivity index (χ4v) is 2.52. The van der Waals surface area contributed by atoms with Crippen LogP contribution in [0.25, 0.3) is 6.08 Å². The Kier molecular flexibility index (Phi) is 6.27. The second kappa shape index (κ2) is 8.28. The number of anilines is 1. The summed E-state index contributed by atoms with van der Waals surface area (Å²) in [7, 11) is 1.77. The van der Waals surface area contributed by atoms with Crippen molar-refractivity contribution in [2.24, 2.45) is 7.05 Å². The molecular weight excluding hydrogens is 375 g/mol. The van der Waals surface area contributed by atoms with Crippen LogP contribution >= 0.6 is 0 Å². The van der Waals surface area contributed by atoms with E-state index in [2.05, 4.69) is 10.4 Å². The van der Waals surface area contributed by atoms with Gasteiger partial charge in [0.05, 0.1) is 16.9 Å². The first-order valence-electron chi connectivity index (χ1n) is 8.36. The largest absolute Gasteiger partial charge is 0.449 e. The number of rotatable bonds is 5. The van der Waals surface area contributed by atoms with Gasteiger partial charge in [-0.1, -0.05) is 12.1 Å². The highest BCUT2D eigenvalue weighted by molar-refractivity contribution is 5.97. The molecule has 150 valence electrons. The van der Waals surface area contributed by atoms with Gasteiger partial charge in [-0.05, 0) is 39.0 Å². The lowest BCUT2D eigenvalue weighted by molar-refractivity contribution is -0.148. The molecule has 1 aromatic heterocycles. The van der Waals surface area contributed by atoms with E-state index in [9.17, 15) is 22.8 Å². The van der Waals surface area contributed by atoms with E-state index < -0.39 is 35.4 Å². The van der Waals surface area contributed by atoms with Gasteiger partial charge < -0.3 is 10.1 Å². The number of carbonyl (C=O) groups excluding carboxylic acids is 2. The van der Waals surface area contributed by atoms with E-state index in [1.807, 2.05) is 6.92 Å². The Bertz CT molecular complexity index is 917. The Morgan fingerprint density at radius 3 is 2.46 bits per heavy atom. The summed E-state index contributed by atoms with van der Waals surface area (Å²) in [5.41, 5.74) is 0.926. The number of amides is 1. The minimum Gasteiger partial charge on any atom is -0.449 e. The number of aromatic nitrogens is 2. The van der Waals surface area contributed by atoms with Crippen molar-refractivity contribution in [1.82, 2.24) is 9.78 Å². The summed E-state index contributed by atoms with van der Waals surface area (Å²) in [5, 5.41) is 6.35. The van der Waals surface area contributed by atoms with Crippen molar-refractivity contribution in [3.8, 4) is 0 Å². The summed E-state index contributed by atoms with van der Waals surface area (Å²) in [6.07, 6.45) is -3.24. The molecule has 6 nitrogen and oxygen atoms in total. The maximum Gasteiger partial charge on any atom is 0.418 e. The Labute approximate surface area is 160 Å². The molecule has 0 aliphatic heterocycles. The molecule has 1 N–H and O–H groups in total. The van der Waals surface area contributed by atoms with Crippen molar-refractivity contribution in [3.63, 3.8) is 0 Å². The number of para-hydroxylation sites is 1. The van der Waals surface area contributed by atoms with Crippen LogP contribution in [0.3, 0.4) is 0 Å². The van der Waals surface area contributed by atoms with Gasteiger partial charge in [0.15, 0.2) is 6.10 Å². The van der Waals surface area contributed by atoms with Gasteiger partial charge >= 0.3 is 12.1 Å². The standard InChI is InChI=1S/C19H20F3N3O3/c1-11-14(12(2)25(4)24-11)9-10-17(26)28-13(3)18(27)23-16-8-6-5-7-15(16)19(20,21)22/h5-10,13H,1-4H3,(H,23,27)/b10-9+/t13-/m1/s1. The molecule has 1 atom stereocenters. The Morgan fingerprint density at radius 2 is 1.89 bits per heavy atom. The zero-order valence-electron chi connectivity index (χ0n) is 15.8. The molecule has 2 aromatic rings. The van der Waals surface area contributed by atoms with Crippen molar-refractivity contribution >= 4 is 23.6 Å². The van der Waals surface area contributed by atoms with Gasteiger partial charge in [-0.3, -0.25) is 9.48 Å². The number of halogens is 3. The van der Waals surface area contributed by atoms with Crippen molar-refractivity contribution in [2.45, 2.75) is 33.1 Å². The predicted octanol–water partition coefficient (Wildman–Crippen LogP) is 3.64. The number of benzene rings is 1. The highest BCUT2D eigenvalue weighted by Gasteiger charge is 2.34. The van der Waals surface area contributed by atoms with Gasteiger partial charge in [-0.15, -0.1) is 0 Å². The molecule has 2 rings (SSSR count). The van der Waals surface area contributed by atoms with Crippen molar-refractivity contribution in [3.05, 3.63) is 52.9 Å². The van der Waals surface area contributed by atoms with Crippen LogP contribution in [0.1, 0.15) is 29.4 Å². The maximum absolute atomic E-state index is 13.0. The average Bonchev–Trinajstić information content (AvgIpc) is 2.84. The lowest BCUT2D eigenvalue weighted by atomic mass is 10.1. The fourth-order valence-electron chi connectivity index (χ4n) is 2.52. The van der Waals surface area contributed by atoms with Crippen LogP contribution in [0.2, 0.25) is 0 Å². The van der Waals surface area contributed by atoms with E-state index in [0.717, 1.165) is 35.2 Å². The summed E-state index contributed by atoms with van der Waals surface area (Å²) in [6.45, 7) is 4.89. The van der Waals surface area contributed by atoms with Gasteiger partial charge in [-0.2, -0.15) is 18.3 Å². The van der Waals surface area contributed by atoms with Gasteiger partial charge in [-0.25, -0.2) is 4.79 Å². The first-order chi connectivity index (χ1) is 13.0. The molecule has 0 spiro atoms. The predicted molar refractivity (Wildman–Crippen MR) is 97.3 cm³/mol. The molecule has 0 aliphatic rings. The minimum atomic E-state index is -4.62. The number of hydrogen-bond acceptors (Lipinski definition) is 4. The summed E-state index contributed by atoms with van der Waals surface area (Å²) in [5.74, 6) is -1.67. The summed E-state index contributed by atoms with van der Waals surface area (Å²) >= 11 is 0. The first kappa shape index (κ1) is 21.2. The third-order valence-electron chi connectivity index (χ3n) is 4.10. The summed E-state index contributed by atoms with van der Waals surface area (Å²) < 4.78 is 45.6. The first-order valence-corrected chi connectivity index (χ1v) is 8.36. The Morgan fingerprint density at radius 1 is 1.25 bits per heavy atom. The zero-order valence-corrected chi connectivity index (χ0v) is 15.8. The van der Waals surface area contributed by atoms with Gasteiger partial charge in [0.25, 0.3) is 5.91 Å². The third kappa shape index (κ3) is 4.99. The van der Waals surface area contributed by atoms with Crippen LogP contribution < -0.4 is 5.32 Å². The second-order valence-corrected chi connectivity index (χ2v) is 6.15. The Balaban J connectivity index is 2.03. The number of esters is 1. The smallest absolute Gasteiger partial charge is 0.418 e. The number of alkyl halides is 3. The van der Waals surface area contributed by atoms with E-state index in [1.165, 1.54) is 25.1 Å². The minimum absolute atomic E-state index is 0.403. The van der Waals surface area contributed by atoms with Gasteiger partial charge in [0, 0.05) is 24.4 Å². The Hall–Kier alpha value is -3.10. The molecule has 9 heteroatoms. The molecule has 0 radical (unpaired) electrons. The molecular formula is C19H20F3N3O3. The van der Waals surface area contributed by atoms with Crippen molar-refractivity contribution in [2.75, 3.05) is 5.32 Å².